The third-order valence-corrected chi connectivity index (χ3v) is 7.65. The van der Waals surface area contributed by atoms with Crippen molar-refractivity contribution in [2.45, 2.75) is 51.8 Å². The van der Waals surface area contributed by atoms with Crippen LogP contribution in [-0.2, 0) is 6.42 Å². The summed E-state index contributed by atoms with van der Waals surface area (Å²) in [5.41, 5.74) is 1.98. The van der Waals surface area contributed by atoms with Crippen molar-refractivity contribution in [3.63, 3.8) is 0 Å². The largest absolute Gasteiger partial charge is 0.488 e. The quantitative estimate of drug-likeness (QED) is 0.343. The number of likely N-dealkylation sites (tertiary alicyclic amines) is 1. The van der Waals surface area contributed by atoms with Crippen molar-refractivity contribution in [2.75, 3.05) is 39.5 Å². The molecule has 0 aliphatic carbocycles. The highest BCUT2D eigenvalue weighted by Gasteiger charge is 2.41. The second kappa shape index (κ2) is 10.3. The number of aromatic amines is 1. The van der Waals surface area contributed by atoms with Crippen molar-refractivity contribution in [2.24, 2.45) is 5.41 Å². The van der Waals surface area contributed by atoms with Gasteiger partial charge in [0.25, 0.3) is 0 Å². The Morgan fingerprint density at radius 2 is 1.78 bits per heavy atom. The topological polar surface area (TPSA) is 31.5 Å². The summed E-state index contributed by atoms with van der Waals surface area (Å²) in [7, 11) is 0. The normalized spacial score (nSPS) is 21.3. The van der Waals surface area contributed by atoms with Crippen LogP contribution in [0.3, 0.4) is 0 Å². The number of ether oxygens (including phenoxy) is 1. The van der Waals surface area contributed by atoms with Gasteiger partial charge in [0.1, 0.15) is 23.5 Å². The van der Waals surface area contributed by atoms with E-state index in [1.54, 1.807) is 0 Å². The first-order valence-electron chi connectivity index (χ1n) is 13.1. The van der Waals surface area contributed by atoms with E-state index in [0.29, 0.717) is 39.0 Å². The molecule has 200 valence electrons. The van der Waals surface area contributed by atoms with Crippen LogP contribution in [0.25, 0.3) is 10.9 Å². The predicted molar refractivity (Wildman–Crippen MR) is 138 cm³/mol. The van der Waals surface area contributed by atoms with E-state index >= 15 is 8.78 Å². The van der Waals surface area contributed by atoms with E-state index in [1.165, 1.54) is 12.1 Å². The van der Waals surface area contributed by atoms with Crippen molar-refractivity contribution in [1.29, 1.82) is 0 Å². The van der Waals surface area contributed by atoms with Gasteiger partial charge in [-0.25, -0.2) is 8.78 Å². The van der Waals surface area contributed by atoms with Gasteiger partial charge in [-0.3, -0.25) is 18.6 Å². The SMILES string of the molecule is C[C@@H]1Cc2c([nH]c3ccccc23)[C@@H](c2c(F)cc(OC3CN(CCCF)C3)cc2F)N1CC(C)(C)CF. The van der Waals surface area contributed by atoms with Gasteiger partial charge in [-0.15, -0.1) is 0 Å². The number of nitrogens with zero attached hydrogens (tertiary/aromatic N) is 2. The van der Waals surface area contributed by atoms with Gasteiger partial charge in [-0.1, -0.05) is 32.0 Å². The van der Waals surface area contributed by atoms with Gasteiger partial charge in [-0.05, 0) is 31.4 Å². The number of nitrogens with one attached hydrogen (secondary N) is 1. The molecule has 0 bridgehead atoms. The number of benzene rings is 2. The summed E-state index contributed by atoms with van der Waals surface area (Å²) in [6.07, 6.45) is 0.986. The average molecular weight is 518 g/mol. The van der Waals surface area contributed by atoms with Crippen LogP contribution >= 0.6 is 0 Å². The number of para-hydroxylation sites is 1. The van der Waals surface area contributed by atoms with Crippen molar-refractivity contribution in [3.05, 3.63) is 64.9 Å². The molecule has 1 saturated heterocycles. The Morgan fingerprint density at radius 1 is 1.08 bits per heavy atom. The summed E-state index contributed by atoms with van der Waals surface area (Å²) >= 11 is 0. The van der Waals surface area contributed by atoms with Gasteiger partial charge in [-0.2, -0.15) is 0 Å². The summed E-state index contributed by atoms with van der Waals surface area (Å²) in [5, 5.41) is 1.04. The molecule has 2 aliphatic rings. The summed E-state index contributed by atoms with van der Waals surface area (Å²) in [6, 6.07) is 9.60. The first kappa shape index (κ1) is 26.0. The molecule has 2 aromatic carbocycles. The minimum absolute atomic E-state index is 0.0532. The van der Waals surface area contributed by atoms with E-state index in [4.69, 9.17) is 4.74 Å². The van der Waals surface area contributed by atoms with Gasteiger partial charge < -0.3 is 9.72 Å². The Hall–Kier alpha value is -2.58. The van der Waals surface area contributed by atoms with Gasteiger partial charge in [0.15, 0.2) is 0 Å². The molecule has 2 aliphatic heterocycles. The highest BCUT2D eigenvalue weighted by atomic mass is 19.1. The second-order valence-corrected chi connectivity index (χ2v) is 11.3. The third kappa shape index (κ3) is 5.10. The molecule has 3 heterocycles. The monoisotopic (exact) mass is 517 g/mol. The fraction of sp³-hybridized carbons (Fsp3) is 0.517. The fourth-order valence-corrected chi connectivity index (χ4v) is 5.75. The lowest BCUT2D eigenvalue weighted by atomic mass is 9.85. The molecular formula is C29H35F4N3O. The number of H-pyrrole nitrogens is 1. The van der Waals surface area contributed by atoms with Crippen LogP contribution < -0.4 is 4.74 Å². The molecule has 1 aromatic heterocycles. The highest BCUT2D eigenvalue weighted by Crippen LogP contribution is 2.44. The van der Waals surface area contributed by atoms with E-state index < -0.39 is 29.8 Å². The van der Waals surface area contributed by atoms with E-state index in [9.17, 15) is 8.78 Å². The summed E-state index contributed by atoms with van der Waals surface area (Å²) < 4.78 is 63.7. The zero-order valence-corrected chi connectivity index (χ0v) is 21.7. The van der Waals surface area contributed by atoms with Crippen molar-refractivity contribution in [3.8, 4) is 5.75 Å². The third-order valence-electron chi connectivity index (χ3n) is 7.65. The highest BCUT2D eigenvalue weighted by molar-refractivity contribution is 5.85. The van der Waals surface area contributed by atoms with Crippen LogP contribution in [0.5, 0.6) is 5.75 Å². The molecule has 0 saturated carbocycles. The Kier molecular flexibility index (Phi) is 7.24. The van der Waals surface area contributed by atoms with Gasteiger partial charge in [0.05, 0.1) is 19.4 Å². The van der Waals surface area contributed by atoms with Crippen molar-refractivity contribution in [1.82, 2.24) is 14.8 Å². The molecule has 1 N–H and O–H groups in total. The van der Waals surface area contributed by atoms with E-state index in [2.05, 4.69) is 9.88 Å². The zero-order chi connectivity index (χ0) is 26.3. The van der Waals surface area contributed by atoms with Crippen molar-refractivity contribution < 1.29 is 22.3 Å². The molecule has 0 radical (unpaired) electrons. The van der Waals surface area contributed by atoms with E-state index in [-0.39, 0.29) is 30.1 Å². The maximum absolute atomic E-state index is 15.8. The molecule has 5 rings (SSSR count). The summed E-state index contributed by atoms with van der Waals surface area (Å²) in [6.45, 7) is 7.00. The van der Waals surface area contributed by atoms with Gasteiger partial charge in [0, 0.05) is 71.9 Å². The number of fused-ring (bicyclic) bond motifs is 3. The minimum atomic E-state index is -0.731. The van der Waals surface area contributed by atoms with Crippen LogP contribution in [-0.4, -0.2) is 66.5 Å². The second-order valence-electron chi connectivity index (χ2n) is 11.3. The molecule has 2 atom stereocenters. The number of halogens is 4. The van der Waals surface area contributed by atoms with E-state index in [0.717, 1.165) is 22.2 Å². The first-order chi connectivity index (χ1) is 17.7. The molecule has 0 unspecified atom stereocenters. The van der Waals surface area contributed by atoms with Crippen LogP contribution in [0.15, 0.2) is 36.4 Å². The number of rotatable bonds is 9. The smallest absolute Gasteiger partial charge is 0.135 e. The maximum Gasteiger partial charge on any atom is 0.135 e. The number of hydrogen-bond acceptors (Lipinski definition) is 3. The lowest BCUT2D eigenvalue weighted by Gasteiger charge is -2.44. The maximum atomic E-state index is 15.8. The van der Waals surface area contributed by atoms with Gasteiger partial charge in [0.2, 0.25) is 0 Å². The lowest BCUT2D eigenvalue weighted by Crippen LogP contribution is -2.53. The first-order valence-corrected chi connectivity index (χ1v) is 13.1. The van der Waals surface area contributed by atoms with Crippen molar-refractivity contribution >= 4 is 10.9 Å². The van der Waals surface area contributed by atoms with Gasteiger partial charge >= 0.3 is 0 Å². The molecule has 3 aromatic rings. The molecule has 0 spiro atoms. The van der Waals surface area contributed by atoms with Crippen LogP contribution in [0.2, 0.25) is 0 Å². The summed E-state index contributed by atoms with van der Waals surface area (Å²) in [4.78, 5) is 7.50. The minimum Gasteiger partial charge on any atom is -0.488 e. The van der Waals surface area contributed by atoms with Crippen LogP contribution in [0, 0.1) is 17.0 Å². The molecule has 1 fully saturated rings. The molecule has 4 nitrogen and oxygen atoms in total. The zero-order valence-electron chi connectivity index (χ0n) is 21.7. The Balaban J connectivity index is 1.50. The predicted octanol–water partition coefficient (Wildman–Crippen LogP) is 6.20. The van der Waals surface area contributed by atoms with Crippen LogP contribution in [0.1, 0.15) is 50.1 Å². The Morgan fingerprint density at radius 3 is 2.46 bits per heavy atom. The fourth-order valence-electron chi connectivity index (χ4n) is 5.75. The molecular weight excluding hydrogens is 482 g/mol. The summed E-state index contributed by atoms with van der Waals surface area (Å²) in [5.74, 6) is -1.23. The lowest BCUT2D eigenvalue weighted by molar-refractivity contribution is 0.0180. The Bertz CT molecular complexity index is 1230. The average Bonchev–Trinajstić information content (AvgIpc) is 3.19. The van der Waals surface area contributed by atoms with E-state index in [1.807, 2.05) is 49.9 Å². The standard InChI is InChI=1S/C29H35F4N3O/c1-18-11-22-21-7-4-5-8-25(21)34-27(22)28(36(18)17-29(2,3)16-31)26-23(32)12-19(13-24(26)33)37-20-14-35(15-20)10-6-9-30/h4-5,7-8,12-13,18,20,28,34H,6,9-11,14-17H2,1-3H3/t18-,28-/m1/s1. The number of alkyl halides is 2. The van der Waals surface area contributed by atoms with Crippen LogP contribution in [0.4, 0.5) is 17.6 Å². The molecule has 37 heavy (non-hydrogen) atoms. The Labute approximate surface area is 215 Å². The number of aromatic nitrogens is 1. The molecule has 0 amide bonds. The number of hydrogen-bond donors (Lipinski definition) is 1. The molecule has 8 heteroatoms.